The van der Waals surface area contributed by atoms with E-state index in [9.17, 15) is 8.78 Å². The van der Waals surface area contributed by atoms with Gasteiger partial charge in [-0.15, -0.1) is 0 Å². The van der Waals surface area contributed by atoms with E-state index in [1.165, 1.54) is 12.3 Å². The molecule has 1 fully saturated rings. The quantitative estimate of drug-likeness (QED) is 0.643. The van der Waals surface area contributed by atoms with Crippen LogP contribution in [0.2, 0.25) is 0 Å². The molecule has 2 nitrogen and oxygen atoms in total. The van der Waals surface area contributed by atoms with Gasteiger partial charge in [-0.05, 0) is 18.9 Å². The Bertz CT molecular complexity index is 309. The molecular formula is C10H12F2N2. The van der Waals surface area contributed by atoms with Crippen molar-refractivity contribution in [1.82, 2.24) is 4.98 Å². The van der Waals surface area contributed by atoms with Crippen molar-refractivity contribution < 1.29 is 8.78 Å². The first-order chi connectivity index (χ1) is 6.75. The number of hydrogen-bond acceptors (Lipinski definition) is 2. The summed E-state index contributed by atoms with van der Waals surface area (Å²) in [4.78, 5) is 5.47. The molecule has 0 atom stereocenters. The van der Waals surface area contributed by atoms with Crippen LogP contribution in [-0.4, -0.2) is 24.2 Å². The first-order valence-electron chi connectivity index (χ1n) is 4.76. The zero-order valence-corrected chi connectivity index (χ0v) is 7.79. The fourth-order valence-corrected chi connectivity index (χ4v) is 1.70. The fraction of sp³-hybridized carbons (Fsp3) is 0.500. The SMILES string of the molecule is Fc1cc(N2CCC(F)CC2)ccn1. The van der Waals surface area contributed by atoms with Crippen molar-refractivity contribution in [3.63, 3.8) is 0 Å². The lowest BCUT2D eigenvalue weighted by Crippen LogP contribution is -2.34. The number of pyridine rings is 1. The summed E-state index contributed by atoms with van der Waals surface area (Å²) in [6.45, 7) is 1.31. The molecule has 4 heteroatoms. The molecule has 0 spiro atoms. The lowest BCUT2D eigenvalue weighted by Gasteiger charge is -2.30. The molecule has 0 aromatic carbocycles. The molecule has 0 aliphatic carbocycles. The Morgan fingerprint density at radius 2 is 2.07 bits per heavy atom. The average Bonchev–Trinajstić information content (AvgIpc) is 2.19. The van der Waals surface area contributed by atoms with Gasteiger partial charge in [-0.1, -0.05) is 0 Å². The van der Waals surface area contributed by atoms with Crippen molar-refractivity contribution in [2.75, 3.05) is 18.0 Å². The highest BCUT2D eigenvalue weighted by atomic mass is 19.1. The summed E-state index contributed by atoms with van der Waals surface area (Å²) in [5, 5.41) is 0. The molecule has 1 aliphatic heterocycles. The maximum Gasteiger partial charge on any atom is 0.214 e. The molecular weight excluding hydrogens is 186 g/mol. The highest BCUT2D eigenvalue weighted by Crippen LogP contribution is 2.20. The number of hydrogen-bond donors (Lipinski definition) is 0. The van der Waals surface area contributed by atoms with E-state index in [-0.39, 0.29) is 0 Å². The summed E-state index contributed by atoms with van der Waals surface area (Å²) in [5.74, 6) is -0.482. The Balaban J connectivity index is 2.08. The normalized spacial score (nSPS) is 18.6. The minimum atomic E-state index is -0.696. The van der Waals surface area contributed by atoms with Crippen LogP contribution in [0.5, 0.6) is 0 Å². The van der Waals surface area contributed by atoms with E-state index in [1.807, 2.05) is 4.90 Å². The Morgan fingerprint density at radius 3 is 2.71 bits per heavy atom. The van der Waals surface area contributed by atoms with Crippen LogP contribution in [0.3, 0.4) is 0 Å². The summed E-state index contributed by atoms with van der Waals surface area (Å²) < 4.78 is 25.6. The second-order valence-electron chi connectivity index (χ2n) is 3.50. The predicted octanol–water partition coefficient (Wildman–Crippen LogP) is 2.16. The van der Waals surface area contributed by atoms with Crippen molar-refractivity contribution >= 4 is 5.69 Å². The molecule has 0 radical (unpaired) electrons. The Kier molecular flexibility index (Phi) is 2.61. The van der Waals surface area contributed by atoms with Crippen LogP contribution in [0.15, 0.2) is 18.3 Å². The van der Waals surface area contributed by atoms with Crippen LogP contribution in [0.1, 0.15) is 12.8 Å². The zero-order chi connectivity index (χ0) is 9.97. The number of alkyl halides is 1. The van der Waals surface area contributed by atoms with Crippen molar-refractivity contribution in [2.45, 2.75) is 19.0 Å². The minimum absolute atomic E-state index is 0.482. The van der Waals surface area contributed by atoms with E-state index in [0.717, 1.165) is 5.69 Å². The van der Waals surface area contributed by atoms with Gasteiger partial charge in [-0.3, -0.25) is 0 Å². The van der Waals surface area contributed by atoms with Gasteiger partial charge in [0.05, 0.1) is 0 Å². The van der Waals surface area contributed by atoms with Crippen molar-refractivity contribution in [2.24, 2.45) is 0 Å². The fourth-order valence-electron chi connectivity index (χ4n) is 1.70. The van der Waals surface area contributed by atoms with Gasteiger partial charge in [-0.2, -0.15) is 4.39 Å². The van der Waals surface area contributed by atoms with E-state index in [1.54, 1.807) is 6.07 Å². The largest absolute Gasteiger partial charge is 0.371 e. The molecule has 1 aliphatic rings. The van der Waals surface area contributed by atoms with E-state index in [0.29, 0.717) is 25.9 Å². The molecule has 0 unspecified atom stereocenters. The minimum Gasteiger partial charge on any atom is -0.371 e. The second kappa shape index (κ2) is 3.90. The van der Waals surface area contributed by atoms with Gasteiger partial charge < -0.3 is 4.90 Å². The van der Waals surface area contributed by atoms with E-state index >= 15 is 0 Å². The highest BCUT2D eigenvalue weighted by Gasteiger charge is 2.18. The molecule has 2 heterocycles. The third kappa shape index (κ3) is 2.00. The van der Waals surface area contributed by atoms with Gasteiger partial charge in [-0.25, -0.2) is 9.37 Å². The molecule has 0 saturated carbocycles. The molecule has 1 saturated heterocycles. The maximum atomic E-state index is 12.8. The van der Waals surface area contributed by atoms with Gasteiger partial charge >= 0.3 is 0 Å². The van der Waals surface area contributed by atoms with Gasteiger partial charge in [0.1, 0.15) is 6.17 Å². The van der Waals surface area contributed by atoms with Gasteiger partial charge in [0.2, 0.25) is 5.95 Å². The van der Waals surface area contributed by atoms with Gasteiger partial charge in [0.15, 0.2) is 0 Å². The summed E-state index contributed by atoms with van der Waals surface area (Å²) in [7, 11) is 0. The molecule has 14 heavy (non-hydrogen) atoms. The first kappa shape index (κ1) is 9.37. The highest BCUT2D eigenvalue weighted by molar-refractivity contribution is 5.45. The standard InChI is InChI=1S/C10H12F2N2/c11-8-2-5-14(6-3-8)9-1-4-13-10(12)7-9/h1,4,7-8H,2-3,5-6H2. The van der Waals surface area contributed by atoms with Crippen LogP contribution in [0.25, 0.3) is 0 Å². The van der Waals surface area contributed by atoms with Crippen LogP contribution < -0.4 is 4.90 Å². The van der Waals surface area contributed by atoms with Crippen LogP contribution in [-0.2, 0) is 0 Å². The third-order valence-corrected chi connectivity index (χ3v) is 2.50. The summed E-state index contributed by atoms with van der Waals surface area (Å²) >= 11 is 0. The first-order valence-corrected chi connectivity index (χ1v) is 4.76. The van der Waals surface area contributed by atoms with Crippen LogP contribution in [0, 0.1) is 5.95 Å². The number of halogens is 2. The topological polar surface area (TPSA) is 16.1 Å². The summed E-state index contributed by atoms with van der Waals surface area (Å²) in [6, 6.07) is 3.14. The molecule has 0 N–H and O–H groups in total. The maximum absolute atomic E-state index is 12.8. The molecule has 1 aromatic rings. The number of rotatable bonds is 1. The molecule has 76 valence electrons. The smallest absolute Gasteiger partial charge is 0.214 e. The van der Waals surface area contributed by atoms with Crippen molar-refractivity contribution in [3.05, 3.63) is 24.3 Å². The van der Waals surface area contributed by atoms with Crippen LogP contribution >= 0.6 is 0 Å². The third-order valence-electron chi connectivity index (χ3n) is 2.50. The lowest BCUT2D eigenvalue weighted by molar-refractivity contribution is 0.277. The molecule has 0 amide bonds. The zero-order valence-electron chi connectivity index (χ0n) is 7.79. The number of piperidine rings is 1. The van der Waals surface area contributed by atoms with Crippen molar-refractivity contribution in [3.8, 4) is 0 Å². The Morgan fingerprint density at radius 1 is 1.36 bits per heavy atom. The van der Waals surface area contributed by atoms with E-state index in [4.69, 9.17) is 0 Å². The summed E-state index contributed by atoms with van der Waals surface area (Å²) in [5.41, 5.74) is 0.796. The average molecular weight is 198 g/mol. The monoisotopic (exact) mass is 198 g/mol. The molecule has 0 bridgehead atoms. The van der Waals surface area contributed by atoms with E-state index < -0.39 is 12.1 Å². The van der Waals surface area contributed by atoms with E-state index in [2.05, 4.69) is 4.98 Å². The van der Waals surface area contributed by atoms with Gasteiger partial charge in [0.25, 0.3) is 0 Å². The number of anilines is 1. The number of aromatic nitrogens is 1. The van der Waals surface area contributed by atoms with Crippen molar-refractivity contribution in [1.29, 1.82) is 0 Å². The number of nitrogens with zero attached hydrogens (tertiary/aromatic N) is 2. The van der Waals surface area contributed by atoms with Gasteiger partial charge in [0, 0.05) is 31.0 Å². The second-order valence-corrected chi connectivity index (χ2v) is 3.50. The van der Waals surface area contributed by atoms with Crippen LogP contribution in [0.4, 0.5) is 14.5 Å². The molecule has 2 rings (SSSR count). The lowest BCUT2D eigenvalue weighted by atomic mass is 10.1. The Hall–Kier alpha value is -1.19. The predicted molar refractivity (Wildman–Crippen MR) is 50.5 cm³/mol. The summed E-state index contributed by atoms with van der Waals surface area (Å²) in [6.07, 6.45) is 1.80. The Labute approximate surface area is 81.6 Å². The molecule has 1 aromatic heterocycles.